The van der Waals surface area contributed by atoms with Crippen molar-refractivity contribution in [3.63, 3.8) is 0 Å². The molecule has 0 bridgehead atoms. The van der Waals surface area contributed by atoms with Crippen molar-refractivity contribution in [3.8, 4) is 0 Å². The van der Waals surface area contributed by atoms with Crippen LogP contribution in [0.3, 0.4) is 0 Å². The van der Waals surface area contributed by atoms with Crippen molar-refractivity contribution in [1.82, 2.24) is 15.4 Å². The summed E-state index contributed by atoms with van der Waals surface area (Å²) in [4.78, 5) is 26.8. The highest BCUT2D eigenvalue weighted by molar-refractivity contribution is 7.10. The average molecular weight is 306 g/mol. The Bertz CT molecular complexity index is 652. The first-order valence-electron chi connectivity index (χ1n) is 6.47. The molecule has 8 heteroatoms. The van der Waals surface area contributed by atoms with Crippen LogP contribution >= 0.6 is 11.3 Å². The van der Waals surface area contributed by atoms with Gasteiger partial charge in [-0.15, -0.1) is 11.3 Å². The van der Waals surface area contributed by atoms with Crippen LogP contribution in [0.4, 0.5) is 10.6 Å². The summed E-state index contributed by atoms with van der Waals surface area (Å²) in [5.41, 5.74) is 0. The van der Waals surface area contributed by atoms with E-state index in [0.29, 0.717) is 24.7 Å². The van der Waals surface area contributed by atoms with Crippen LogP contribution in [0.1, 0.15) is 16.7 Å². The van der Waals surface area contributed by atoms with Crippen molar-refractivity contribution in [2.75, 3.05) is 18.4 Å². The van der Waals surface area contributed by atoms with Crippen molar-refractivity contribution in [3.05, 3.63) is 34.2 Å². The number of aryl methyl sites for hydroxylation is 1. The molecule has 1 fully saturated rings. The fourth-order valence-electron chi connectivity index (χ4n) is 2.22. The number of rotatable bonds is 2. The van der Waals surface area contributed by atoms with Crippen LogP contribution in [0.15, 0.2) is 28.1 Å². The van der Waals surface area contributed by atoms with E-state index in [1.807, 2.05) is 17.5 Å². The molecule has 2 N–H and O–H groups in total. The minimum absolute atomic E-state index is 0.171. The first-order chi connectivity index (χ1) is 10.1. The molecule has 2 aromatic heterocycles. The van der Waals surface area contributed by atoms with Gasteiger partial charge in [-0.2, -0.15) is 0 Å². The molecule has 3 rings (SSSR count). The molecule has 1 saturated heterocycles. The lowest BCUT2D eigenvalue weighted by atomic mass is 10.1. The molecule has 21 heavy (non-hydrogen) atoms. The normalized spacial score (nSPS) is 18.4. The van der Waals surface area contributed by atoms with Gasteiger partial charge in [-0.3, -0.25) is 10.1 Å². The van der Waals surface area contributed by atoms with E-state index < -0.39 is 6.04 Å². The van der Waals surface area contributed by atoms with Crippen LogP contribution in [-0.4, -0.2) is 35.1 Å². The fraction of sp³-hybridized carbons (Fsp3) is 0.308. The number of nitrogens with zero attached hydrogens (tertiary/aromatic N) is 2. The Kier molecular flexibility index (Phi) is 3.61. The van der Waals surface area contributed by atoms with Gasteiger partial charge in [0.05, 0.1) is 0 Å². The lowest BCUT2D eigenvalue weighted by Crippen LogP contribution is -2.53. The van der Waals surface area contributed by atoms with E-state index in [-0.39, 0.29) is 11.9 Å². The van der Waals surface area contributed by atoms with Crippen LogP contribution in [0.5, 0.6) is 0 Å². The number of urea groups is 1. The summed E-state index contributed by atoms with van der Waals surface area (Å²) in [7, 11) is 0. The largest absolute Gasteiger partial charge is 0.360 e. The Hall–Kier alpha value is -2.35. The maximum Gasteiger partial charge on any atom is 0.324 e. The van der Waals surface area contributed by atoms with Gasteiger partial charge in [0.2, 0.25) is 5.91 Å². The van der Waals surface area contributed by atoms with Crippen LogP contribution < -0.4 is 10.6 Å². The van der Waals surface area contributed by atoms with Crippen LogP contribution in [0.2, 0.25) is 0 Å². The van der Waals surface area contributed by atoms with Gasteiger partial charge >= 0.3 is 6.03 Å². The zero-order valence-corrected chi connectivity index (χ0v) is 12.1. The summed E-state index contributed by atoms with van der Waals surface area (Å²) >= 11 is 1.45. The van der Waals surface area contributed by atoms with Gasteiger partial charge in [-0.1, -0.05) is 11.2 Å². The monoisotopic (exact) mass is 306 g/mol. The van der Waals surface area contributed by atoms with Crippen LogP contribution in [0, 0.1) is 6.92 Å². The first kappa shape index (κ1) is 13.6. The SMILES string of the molecule is Cc1cc(NC(=O)N2CCNC(=O)[C@H]2c2cccs2)no1. The molecule has 0 radical (unpaired) electrons. The predicted molar refractivity (Wildman–Crippen MR) is 77.0 cm³/mol. The highest BCUT2D eigenvalue weighted by Crippen LogP contribution is 2.27. The molecule has 1 aliphatic heterocycles. The fourth-order valence-corrected chi connectivity index (χ4v) is 3.06. The summed E-state index contributed by atoms with van der Waals surface area (Å²) < 4.78 is 4.91. The maximum atomic E-state index is 12.4. The molecule has 0 aromatic carbocycles. The Morgan fingerprint density at radius 2 is 2.48 bits per heavy atom. The van der Waals surface area contributed by atoms with Gasteiger partial charge in [0.25, 0.3) is 0 Å². The molecule has 7 nitrogen and oxygen atoms in total. The predicted octanol–water partition coefficient (Wildman–Crippen LogP) is 1.75. The van der Waals surface area contributed by atoms with Gasteiger partial charge in [0.1, 0.15) is 11.8 Å². The van der Waals surface area contributed by atoms with Gasteiger partial charge < -0.3 is 14.7 Å². The third-order valence-corrected chi connectivity index (χ3v) is 4.07. The first-order valence-corrected chi connectivity index (χ1v) is 7.35. The summed E-state index contributed by atoms with van der Waals surface area (Å²) in [5, 5.41) is 11.0. The van der Waals surface area contributed by atoms with Gasteiger partial charge in [-0.25, -0.2) is 4.79 Å². The van der Waals surface area contributed by atoms with Gasteiger partial charge in [-0.05, 0) is 18.4 Å². The summed E-state index contributed by atoms with van der Waals surface area (Å²) in [6.07, 6.45) is 0. The van der Waals surface area contributed by atoms with E-state index in [2.05, 4.69) is 15.8 Å². The summed E-state index contributed by atoms with van der Waals surface area (Å²) in [5.74, 6) is 0.778. The number of carbonyl (C=O) groups is 2. The van der Waals surface area contributed by atoms with Crippen molar-refractivity contribution in [2.45, 2.75) is 13.0 Å². The second-order valence-electron chi connectivity index (χ2n) is 4.66. The van der Waals surface area contributed by atoms with Crippen molar-refractivity contribution in [2.24, 2.45) is 0 Å². The van der Waals surface area contributed by atoms with Crippen molar-refractivity contribution >= 4 is 29.1 Å². The second kappa shape index (κ2) is 5.57. The van der Waals surface area contributed by atoms with E-state index in [1.54, 1.807) is 13.0 Å². The number of hydrogen-bond donors (Lipinski definition) is 2. The standard InChI is InChI=1S/C13H14N4O3S/c1-8-7-10(16-20-8)15-13(19)17-5-4-14-12(18)11(17)9-3-2-6-21-9/h2-3,6-7,11H,4-5H2,1H3,(H,14,18)(H,15,16,19)/t11-/m1/s1. The smallest absolute Gasteiger partial charge is 0.324 e. The Balaban J connectivity index is 1.80. The number of aromatic nitrogens is 1. The quantitative estimate of drug-likeness (QED) is 0.885. The van der Waals surface area contributed by atoms with Crippen molar-refractivity contribution in [1.29, 1.82) is 0 Å². The zero-order valence-electron chi connectivity index (χ0n) is 11.3. The third kappa shape index (κ3) is 2.75. The summed E-state index contributed by atoms with van der Waals surface area (Å²) in [6, 6.07) is 4.37. The molecule has 0 unspecified atom stereocenters. The average Bonchev–Trinajstić information content (AvgIpc) is 3.10. The number of piperazine rings is 1. The molecule has 1 atom stereocenters. The Morgan fingerprint density at radius 1 is 1.62 bits per heavy atom. The topological polar surface area (TPSA) is 87.5 Å². The number of carbonyl (C=O) groups excluding carboxylic acids is 2. The number of nitrogens with one attached hydrogen (secondary N) is 2. The Morgan fingerprint density at radius 3 is 3.14 bits per heavy atom. The van der Waals surface area contributed by atoms with Gasteiger partial charge in [0.15, 0.2) is 5.82 Å². The second-order valence-corrected chi connectivity index (χ2v) is 5.63. The molecule has 1 aliphatic rings. The highest BCUT2D eigenvalue weighted by atomic mass is 32.1. The van der Waals surface area contributed by atoms with Crippen LogP contribution in [0.25, 0.3) is 0 Å². The lowest BCUT2D eigenvalue weighted by molar-refractivity contribution is -0.127. The van der Waals surface area contributed by atoms with Gasteiger partial charge in [0, 0.05) is 24.0 Å². The molecule has 2 aromatic rings. The molecule has 0 aliphatic carbocycles. The molecule has 0 spiro atoms. The maximum absolute atomic E-state index is 12.4. The lowest BCUT2D eigenvalue weighted by Gasteiger charge is -2.34. The molecule has 3 heterocycles. The van der Waals surface area contributed by atoms with E-state index >= 15 is 0 Å². The third-order valence-electron chi connectivity index (χ3n) is 3.15. The van der Waals surface area contributed by atoms with E-state index in [0.717, 1.165) is 4.88 Å². The van der Waals surface area contributed by atoms with E-state index in [1.165, 1.54) is 16.2 Å². The number of thiophene rings is 1. The molecule has 0 saturated carbocycles. The number of anilines is 1. The minimum Gasteiger partial charge on any atom is -0.360 e. The number of hydrogen-bond acceptors (Lipinski definition) is 5. The highest BCUT2D eigenvalue weighted by Gasteiger charge is 2.35. The molecular weight excluding hydrogens is 292 g/mol. The Labute approximate surface area is 124 Å². The molecule has 3 amide bonds. The minimum atomic E-state index is -0.605. The molecule has 110 valence electrons. The van der Waals surface area contributed by atoms with E-state index in [4.69, 9.17) is 4.52 Å². The molecular formula is C13H14N4O3S. The summed E-state index contributed by atoms with van der Waals surface area (Å²) in [6.45, 7) is 2.62. The van der Waals surface area contributed by atoms with Crippen LogP contribution in [-0.2, 0) is 4.79 Å². The zero-order chi connectivity index (χ0) is 14.8. The van der Waals surface area contributed by atoms with E-state index in [9.17, 15) is 9.59 Å². The number of amides is 3. The van der Waals surface area contributed by atoms with Crippen molar-refractivity contribution < 1.29 is 14.1 Å².